The second kappa shape index (κ2) is 10.6. The molecular formula is C28H34ClF3. The molecule has 2 saturated carbocycles. The molecule has 2 aliphatic carbocycles. The monoisotopic (exact) mass is 462 g/mol. The van der Waals surface area contributed by atoms with E-state index in [-0.39, 0.29) is 11.1 Å². The Bertz CT molecular complexity index is 902. The van der Waals surface area contributed by atoms with Crippen LogP contribution in [0.3, 0.4) is 0 Å². The van der Waals surface area contributed by atoms with Gasteiger partial charge in [0.2, 0.25) is 0 Å². The lowest BCUT2D eigenvalue weighted by Crippen LogP contribution is -2.30. The first-order valence-electron chi connectivity index (χ1n) is 12.4. The summed E-state index contributed by atoms with van der Waals surface area (Å²) >= 11 is 5.56. The first-order chi connectivity index (χ1) is 15.5. The highest BCUT2D eigenvalue weighted by atomic mass is 35.5. The molecule has 0 nitrogen and oxygen atoms in total. The number of rotatable bonds is 7. The van der Waals surface area contributed by atoms with Crippen LogP contribution in [-0.2, 0) is 0 Å². The van der Waals surface area contributed by atoms with Gasteiger partial charge < -0.3 is 0 Å². The van der Waals surface area contributed by atoms with Gasteiger partial charge in [0, 0.05) is 5.56 Å². The van der Waals surface area contributed by atoms with Crippen LogP contribution < -0.4 is 0 Å². The summed E-state index contributed by atoms with van der Waals surface area (Å²) in [4.78, 5) is 0. The van der Waals surface area contributed by atoms with E-state index in [1.165, 1.54) is 57.8 Å². The number of hydrogen-bond acceptors (Lipinski definition) is 0. The molecule has 2 aromatic carbocycles. The molecule has 0 amide bonds. The molecule has 4 heteroatoms. The van der Waals surface area contributed by atoms with Gasteiger partial charge in [-0.3, -0.25) is 0 Å². The quantitative estimate of drug-likeness (QED) is 0.283. The SMILES string of the molecule is CCCCCCC1CCC2CC(c3ccc(-c4cc(F)c(Cl)c(F)c4)c(F)c3)CCC2C1. The minimum Gasteiger partial charge on any atom is -0.206 e. The fraction of sp³-hybridized carbons (Fsp3) is 0.571. The van der Waals surface area contributed by atoms with Crippen molar-refractivity contribution in [3.63, 3.8) is 0 Å². The molecule has 4 atom stereocenters. The van der Waals surface area contributed by atoms with Gasteiger partial charge in [0.05, 0.1) is 0 Å². The van der Waals surface area contributed by atoms with E-state index in [9.17, 15) is 13.2 Å². The van der Waals surface area contributed by atoms with Gasteiger partial charge in [0.1, 0.15) is 22.5 Å². The van der Waals surface area contributed by atoms with Crippen LogP contribution in [0.2, 0.25) is 5.02 Å². The zero-order valence-corrected chi connectivity index (χ0v) is 19.7. The van der Waals surface area contributed by atoms with Gasteiger partial charge >= 0.3 is 0 Å². The first-order valence-corrected chi connectivity index (χ1v) is 12.8. The summed E-state index contributed by atoms with van der Waals surface area (Å²) in [6, 6.07) is 7.36. The van der Waals surface area contributed by atoms with Gasteiger partial charge in [-0.25, -0.2) is 13.2 Å². The highest BCUT2D eigenvalue weighted by Gasteiger charge is 2.36. The molecule has 32 heavy (non-hydrogen) atoms. The minimum absolute atomic E-state index is 0.175. The lowest BCUT2D eigenvalue weighted by atomic mass is 9.63. The van der Waals surface area contributed by atoms with E-state index >= 15 is 0 Å². The van der Waals surface area contributed by atoms with Crippen LogP contribution in [0.5, 0.6) is 0 Å². The largest absolute Gasteiger partial charge is 0.206 e. The second-order valence-electron chi connectivity index (χ2n) is 10.1. The lowest BCUT2D eigenvalue weighted by molar-refractivity contribution is 0.113. The number of hydrogen-bond donors (Lipinski definition) is 0. The van der Waals surface area contributed by atoms with Gasteiger partial charge in [-0.15, -0.1) is 0 Å². The third kappa shape index (κ3) is 5.35. The lowest BCUT2D eigenvalue weighted by Gasteiger charge is -2.42. The highest BCUT2D eigenvalue weighted by Crippen LogP contribution is 2.48. The summed E-state index contributed by atoms with van der Waals surface area (Å²) in [5, 5.41) is -0.557. The molecule has 2 aliphatic rings. The molecule has 174 valence electrons. The Kier molecular flexibility index (Phi) is 7.87. The molecule has 0 bridgehead atoms. The van der Waals surface area contributed by atoms with Crippen LogP contribution in [0.4, 0.5) is 13.2 Å². The fourth-order valence-electron chi connectivity index (χ4n) is 6.14. The molecule has 0 aromatic heterocycles. The molecule has 0 radical (unpaired) electrons. The third-order valence-electron chi connectivity index (χ3n) is 7.95. The molecular weight excluding hydrogens is 429 g/mol. The standard InChI is InChI=1S/C28H34ClF3/c1-2-3-4-5-6-18-7-8-20-14-21(10-9-19(20)13-18)22-11-12-24(25(30)15-22)23-16-26(31)28(29)27(32)17-23/h11-12,15-21H,2-10,13-14H2,1H3. The summed E-state index contributed by atoms with van der Waals surface area (Å²) < 4.78 is 42.6. The zero-order chi connectivity index (χ0) is 22.7. The van der Waals surface area contributed by atoms with Gasteiger partial charge in [0.25, 0.3) is 0 Å². The van der Waals surface area contributed by atoms with Gasteiger partial charge in [-0.05, 0) is 85.1 Å². The first kappa shape index (κ1) is 23.7. The van der Waals surface area contributed by atoms with Crippen molar-refractivity contribution < 1.29 is 13.2 Å². The van der Waals surface area contributed by atoms with Crippen LogP contribution in [-0.4, -0.2) is 0 Å². The minimum atomic E-state index is -0.871. The molecule has 0 heterocycles. The summed E-state index contributed by atoms with van der Waals surface area (Å²) in [6.45, 7) is 2.26. The van der Waals surface area contributed by atoms with E-state index in [0.29, 0.717) is 5.92 Å². The average molecular weight is 463 g/mol. The van der Waals surface area contributed by atoms with E-state index in [0.717, 1.165) is 48.3 Å². The van der Waals surface area contributed by atoms with Crippen LogP contribution in [0.25, 0.3) is 11.1 Å². The topological polar surface area (TPSA) is 0 Å². The van der Waals surface area contributed by atoms with Crippen LogP contribution in [0, 0.1) is 35.2 Å². The number of unbranched alkanes of at least 4 members (excludes halogenated alkanes) is 3. The average Bonchev–Trinajstić information content (AvgIpc) is 2.79. The normalized spacial score (nSPS) is 25.5. The van der Waals surface area contributed by atoms with Crippen molar-refractivity contribution in [1.29, 1.82) is 0 Å². The summed E-state index contributed by atoms with van der Waals surface area (Å²) in [6.07, 6.45) is 14.3. The third-order valence-corrected chi connectivity index (χ3v) is 8.31. The van der Waals surface area contributed by atoms with Crippen LogP contribution in [0.15, 0.2) is 30.3 Å². The zero-order valence-electron chi connectivity index (χ0n) is 19.0. The molecule has 4 rings (SSSR count). The maximum Gasteiger partial charge on any atom is 0.145 e. The molecule has 2 fully saturated rings. The van der Waals surface area contributed by atoms with Crippen molar-refractivity contribution in [2.24, 2.45) is 17.8 Å². The molecule has 0 saturated heterocycles. The van der Waals surface area contributed by atoms with Gasteiger partial charge in [-0.2, -0.15) is 0 Å². The molecule has 0 N–H and O–H groups in total. The summed E-state index contributed by atoms with van der Waals surface area (Å²) in [5.74, 6) is 0.694. The Morgan fingerprint density at radius 3 is 2.25 bits per heavy atom. The van der Waals surface area contributed by atoms with Crippen molar-refractivity contribution in [1.82, 2.24) is 0 Å². The van der Waals surface area contributed by atoms with Gasteiger partial charge in [-0.1, -0.05) is 69.2 Å². The Morgan fingerprint density at radius 1 is 0.812 bits per heavy atom. The number of halogens is 4. The van der Waals surface area contributed by atoms with Crippen LogP contribution in [0.1, 0.15) is 89.0 Å². The van der Waals surface area contributed by atoms with Crippen LogP contribution >= 0.6 is 11.6 Å². The molecule has 0 spiro atoms. The smallest absolute Gasteiger partial charge is 0.145 e. The van der Waals surface area contributed by atoms with E-state index in [1.54, 1.807) is 12.1 Å². The van der Waals surface area contributed by atoms with E-state index in [2.05, 4.69) is 6.92 Å². The maximum absolute atomic E-state index is 14.9. The Balaban J connectivity index is 1.38. The van der Waals surface area contributed by atoms with Crippen molar-refractivity contribution in [3.05, 3.63) is 58.4 Å². The number of benzene rings is 2. The fourth-order valence-corrected chi connectivity index (χ4v) is 6.25. The predicted octanol–water partition coefficient (Wildman–Crippen LogP) is 9.69. The second-order valence-corrected chi connectivity index (χ2v) is 10.4. The van der Waals surface area contributed by atoms with E-state index in [4.69, 9.17) is 11.6 Å². The number of fused-ring (bicyclic) bond motifs is 1. The molecule has 4 unspecified atom stereocenters. The summed E-state index contributed by atoms with van der Waals surface area (Å²) in [5.41, 5.74) is 1.40. The molecule has 2 aromatic rings. The van der Waals surface area contributed by atoms with E-state index in [1.807, 2.05) is 6.07 Å². The van der Waals surface area contributed by atoms with Crippen molar-refractivity contribution in [2.45, 2.75) is 83.5 Å². The Hall–Kier alpha value is -1.48. The predicted molar refractivity (Wildman–Crippen MR) is 126 cm³/mol. The van der Waals surface area contributed by atoms with Crippen molar-refractivity contribution in [3.8, 4) is 11.1 Å². The maximum atomic E-state index is 14.9. The highest BCUT2D eigenvalue weighted by molar-refractivity contribution is 6.31. The Labute approximate surface area is 195 Å². The van der Waals surface area contributed by atoms with Gasteiger partial charge in [0.15, 0.2) is 0 Å². The van der Waals surface area contributed by atoms with Crippen molar-refractivity contribution in [2.75, 3.05) is 0 Å². The van der Waals surface area contributed by atoms with Crippen molar-refractivity contribution >= 4 is 11.6 Å². The summed E-state index contributed by atoms with van der Waals surface area (Å²) in [7, 11) is 0. The molecule has 0 aliphatic heterocycles. The Morgan fingerprint density at radius 2 is 1.53 bits per heavy atom. The van der Waals surface area contributed by atoms with E-state index < -0.39 is 22.5 Å².